The van der Waals surface area contributed by atoms with Crippen molar-refractivity contribution < 1.29 is 4.79 Å². The van der Waals surface area contributed by atoms with Crippen LogP contribution in [0.15, 0.2) is 11.4 Å². The molecule has 1 fully saturated rings. The number of carbonyl (C=O) groups is 1. The molecule has 0 atom stereocenters. The molecule has 88 valence electrons. The predicted molar refractivity (Wildman–Crippen MR) is 66.8 cm³/mol. The minimum atomic E-state index is -0.506. The first-order valence-corrected chi connectivity index (χ1v) is 6.20. The lowest BCUT2D eigenvalue weighted by Gasteiger charge is -2.29. The molecule has 1 aliphatic heterocycles. The van der Waals surface area contributed by atoms with Gasteiger partial charge in [0.05, 0.1) is 5.54 Å². The van der Waals surface area contributed by atoms with E-state index < -0.39 is 5.54 Å². The smallest absolute Gasteiger partial charge is 0.242 e. The van der Waals surface area contributed by atoms with Crippen LogP contribution >= 0.6 is 23.7 Å². The zero-order valence-electron chi connectivity index (χ0n) is 8.94. The molecule has 1 saturated carbocycles. The maximum absolute atomic E-state index is 12.0. The lowest BCUT2D eigenvalue weighted by atomic mass is 10.1. The Labute approximate surface area is 105 Å². The number of amides is 1. The number of hydrogen-bond donors (Lipinski definition) is 1. The summed E-state index contributed by atoms with van der Waals surface area (Å²) in [4.78, 5) is 15.4. The molecule has 1 aliphatic carbocycles. The Morgan fingerprint density at radius 2 is 2.25 bits per heavy atom. The first kappa shape index (κ1) is 11.9. The minimum absolute atomic E-state index is 0. The van der Waals surface area contributed by atoms with Crippen molar-refractivity contribution in [2.45, 2.75) is 31.3 Å². The van der Waals surface area contributed by atoms with Crippen molar-refractivity contribution >= 4 is 29.7 Å². The molecule has 2 aliphatic rings. The zero-order valence-corrected chi connectivity index (χ0v) is 10.6. The normalized spacial score (nSPS) is 20.9. The Morgan fingerprint density at radius 3 is 2.94 bits per heavy atom. The van der Waals surface area contributed by atoms with E-state index in [9.17, 15) is 4.79 Å². The van der Waals surface area contributed by atoms with Gasteiger partial charge in [-0.2, -0.15) is 0 Å². The van der Waals surface area contributed by atoms with Gasteiger partial charge in [-0.1, -0.05) is 0 Å². The van der Waals surface area contributed by atoms with Gasteiger partial charge in [0, 0.05) is 18.0 Å². The summed E-state index contributed by atoms with van der Waals surface area (Å²) in [6.45, 7) is 1.60. The first-order chi connectivity index (χ1) is 7.19. The molecular formula is C11H15ClN2OS. The van der Waals surface area contributed by atoms with Crippen LogP contribution in [-0.4, -0.2) is 22.9 Å². The van der Waals surface area contributed by atoms with E-state index in [2.05, 4.69) is 11.4 Å². The number of halogens is 1. The van der Waals surface area contributed by atoms with Crippen molar-refractivity contribution in [2.24, 2.45) is 5.73 Å². The Balaban J connectivity index is 0.000000963. The number of carbonyl (C=O) groups excluding carboxylic acids is 1. The number of thiophene rings is 1. The number of fused-ring (bicyclic) bond motifs is 1. The van der Waals surface area contributed by atoms with Gasteiger partial charge in [0.15, 0.2) is 0 Å². The molecule has 2 heterocycles. The second-order valence-electron chi connectivity index (χ2n) is 4.50. The van der Waals surface area contributed by atoms with Gasteiger partial charge in [-0.25, -0.2) is 0 Å². The van der Waals surface area contributed by atoms with Gasteiger partial charge in [-0.3, -0.25) is 4.79 Å². The van der Waals surface area contributed by atoms with Gasteiger partial charge in [-0.15, -0.1) is 23.7 Å². The van der Waals surface area contributed by atoms with Gasteiger partial charge in [-0.05, 0) is 36.3 Å². The predicted octanol–water partition coefficient (Wildman–Crippen LogP) is 1.55. The third-order valence-electron chi connectivity index (χ3n) is 3.31. The monoisotopic (exact) mass is 258 g/mol. The standard InChI is InChI=1S/C11H14N2OS.ClH/c12-11(3-4-11)10(14)13-5-1-9-8(7-13)2-6-15-9;/h2,6H,1,3-5,7,12H2;1H. The highest BCUT2D eigenvalue weighted by Gasteiger charge is 2.48. The fourth-order valence-corrected chi connectivity index (χ4v) is 2.97. The van der Waals surface area contributed by atoms with Crippen LogP contribution < -0.4 is 5.73 Å². The summed E-state index contributed by atoms with van der Waals surface area (Å²) in [5, 5.41) is 2.11. The fourth-order valence-electron chi connectivity index (χ4n) is 2.09. The molecule has 3 rings (SSSR count). The van der Waals surface area contributed by atoms with Crippen molar-refractivity contribution in [1.29, 1.82) is 0 Å². The summed E-state index contributed by atoms with van der Waals surface area (Å²) in [6, 6.07) is 2.12. The summed E-state index contributed by atoms with van der Waals surface area (Å²) in [5.74, 6) is 0.152. The van der Waals surface area contributed by atoms with Gasteiger partial charge >= 0.3 is 0 Å². The third-order valence-corrected chi connectivity index (χ3v) is 4.33. The maximum Gasteiger partial charge on any atom is 0.242 e. The topological polar surface area (TPSA) is 46.3 Å². The van der Waals surface area contributed by atoms with E-state index in [1.165, 1.54) is 10.4 Å². The molecular weight excluding hydrogens is 244 g/mol. The van der Waals surface area contributed by atoms with Crippen LogP contribution in [-0.2, 0) is 17.8 Å². The summed E-state index contributed by atoms with van der Waals surface area (Å²) >= 11 is 1.79. The number of hydrogen-bond acceptors (Lipinski definition) is 3. The number of rotatable bonds is 1. The Morgan fingerprint density at radius 1 is 1.50 bits per heavy atom. The summed E-state index contributed by atoms with van der Waals surface area (Å²) in [7, 11) is 0. The van der Waals surface area contributed by atoms with Gasteiger partial charge in [0.2, 0.25) is 5.91 Å². The molecule has 0 aromatic carbocycles. The summed E-state index contributed by atoms with van der Waals surface area (Å²) in [5.41, 5.74) is 6.73. The van der Waals surface area contributed by atoms with Crippen molar-refractivity contribution in [2.75, 3.05) is 6.54 Å². The molecule has 0 unspecified atom stereocenters. The van der Waals surface area contributed by atoms with E-state index in [0.29, 0.717) is 0 Å². The third kappa shape index (κ3) is 1.85. The first-order valence-electron chi connectivity index (χ1n) is 5.32. The molecule has 5 heteroatoms. The van der Waals surface area contributed by atoms with Gasteiger partial charge in [0.1, 0.15) is 0 Å². The fraction of sp³-hybridized carbons (Fsp3) is 0.545. The molecule has 1 aromatic rings. The van der Waals surface area contributed by atoms with Gasteiger partial charge < -0.3 is 10.6 Å². The van der Waals surface area contributed by atoms with Crippen LogP contribution in [0.4, 0.5) is 0 Å². The highest BCUT2D eigenvalue weighted by molar-refractivity contribution is 7.10. The van der Waals surface area contributed by atoms with Crippen LogP contribution in [0.5, 0.6) is 0 Å². The highest BCUT2D eigenvalue weighted by atomic mass is 35.5. The molecule has 3 nitrogen and oxygen atoms in total. The van der Waals surface area contributed by atoms with Crippen LogP contribution in [0.2, 0.25) is 0 Å². The van der Waals surface area contributed by atoms with Gasteiger partial charge in [0.25, 0.3) is 0 Å². The van der Waals surface area contributed by atoms with E-state index >= 15 is 0 Å². The Kier molecular flexibility index (Phi) is 2.99. The second-order valence-corrected chi connectivity index (χ2v) is 5.50. The molecule has 2 N–H and O–H groups in total. The molecule has 0 bridgehead atoms. The van der Waals surface area contributed by atoms with Crippen molar-refractivity contribution in [3.05, 3.63) is 21.9 Å². The Bertz CT molecular complexity index is 414. The van der Waals surface area contributed by atoms with E-state index in [1.807, 2.05) is 4.90 Å². The van der Waals surface area contributed by atoms with Crippen LogP contribution in [0.1, 0.15) is 23.3 Å². The van der Waals surface area contributed by atoms with E-state index in [4.69, 9.17) is 5.73 Å². The van der Waals surface area contributed by atoms with E-state index in [0.717, 1.165) is 32.4 Å². The molecule has 0 spiro atoms. The van der Waals surface area contributed by atoms with Crippen LogP contribution in [0, 0.1) is 0 Å². The Hall–Kier alpha value is -0.580. The average molecular weight is 259 g/mol. The quantitative estimate of drug-likeness (QED) is 0.831. The summed E-state index contributed by atoms with van der Waals surface area (Å²) in [6.07, 6.45) is 2.71. The van der Waals surface area contributed by atoms with Crippen LogP contribution in [0.25, 0.3) is 0 Å². The van der Waals surface area contributed by atoms with Crippen molar-refractivity contribution in [3.8, 4) is 0 Å². The lowest BCUT2D eigenvalue weighted by molar-refractivity contribution is -0.134. The van der Waals surface area contributed by atoms with Crippen LogP contribution in [0.3, 0.4) is 0 Å². The lowest BCUT2D eigenvalue weighted by Crippen LogP contribution is -2.47. The highest BCUT2D eigenvalue weighted by Crippen LogP contribution is 2.35. The maximum atomic E-state index is 12.0. The molecule has 16 heavy (non-hydrogen) atoms. The van der Waals surface area contributed by atoms with E-state index in [-0.39, 0.29) is 18.3 Å². The SMILES string of the molecule is Cl.NC1(C(=O)N2CCc3sccc3C2)CC1. The molecule has 0 radical (unpaired) electrons. The average Bonchev–Trinajstić information content (AvgIpc) is 2.82. The number of nitrogens with zero attached hydrogens (tertiary/aromatic N) is 1. The number of nitrogens with two attached hydrogens (primary N) is 1. The van der Waals surface area contributed by atoms with Crippen molar-refractivity contribution in [1.82, 2.24) is 4.90 Å². The zero-order chi connectivity index (χ0) is 10.5. The summed E-state index contributed by atoms with van der Waals surface area (Å²) < 4.78 is 0. The van der Waals surface area contributed by atoms with E-state index in [1.54, 1.807) is 11.3 Å². The minimum Gasteiger partial charge on any atom is -0.336 e. The second kappa shape index (κ2) is 4.02. The molecule has 1 amide bonds. The largest absolute Gasteiger partial charge is 0.336 e. The van der Waals surface area contributed by atoms with Crippen molar-refractivity contribution in [3.63, 3.8) is 0 Å². The molecule has 1 aromatic heterocycles. The molecule has 0 saturated heterocycles.